The van der Waals surface area contributed by atoms with Crippen molar-refractivity contribution in [3.05, 3.63) is 57.0 Å². The molecule has 3 heterocycles. The Balaban J connectivity index is 1.18. The monoisotopic (exact) mass is 546 g/mol. The van der Waals surface area contributed by atoms with Gasteiger partial charge in [0.2, 0.25) is 0 Å². The van der Waals surface area contributed by atoms with Crippen LogP contribution in [-0.2, 0) is 30.5 Å². The van der Waals surface area contributed by atoms with Gasteiger partial charge < -0.3 is 14.6 Å². The molecule has 1 aromatic carbocycles. The molecule has 0 aliphatic carbocycles. The fourth-order valence-electron chi connectivity index (χ4n) is 5.05. The zero-order valence-electron chi connectivity index (χ0n) is 22.4. The van der Waals surface area contributed by atoms with Crippen LogP contribution in [0.25, 0.3) is 11.2 Å². The number of piperazine rings is 1. The van der Waals surface area contributed by atoms with Crippen LogP contribution >= 0.6 is 0 Å². The van der Waals surface area contributed by atoms with Crippen molar-refractivity contribution in [2.24, 2.45) is 14.1 Å². The highest BCUT2D eigenvalue weighted by atomic mass is 32.2. The van der Waals surface area contributed by atoms with E-state index in [-0.39, 0.29) is 17.0 Å². The number of aliphatic hydroxyl groups is 1. The van der Waals surface area contributed by atoms with Crippen LogP contribution in [0.3, 0.4) is 0 Å². The SMILES string of the molecule is Cc1cccc(S(=O)(=O)CCCC(O)CN2CCN(CCCn3cnc4c3c(=O)n(C)c(=O)n4C)CC2)c1. The number of hydrogen-bond acceptors (Lipinski definition) is 8. The summed E-state index contributed by atoms with van der Waals surface area (Å²) in [5.41, 5.74) is 1.04. The van der Waals surface area contributed by atoms with Crippen molar-refractivity contribution in [2.45, 2.75) is 43.7 Å². The van der Waals surface area contributed by atoms with E-state index in [1.54, 1.807) is 31.6 Å². The van der Waals surface area contributed by atoms with Crippen molar-refractivity contribution in [3.8, 4) is 0 Å². The fourth-order valence-corrected chi connectivity index (χ4v) is 6.49. The molecule has 1 aliphatic rings. The molecule has 0 radical (unpaired) electrons. The maximum Gasteiger partial charge on any atom is 0.332 e. The largest absolute Gasteiger partial charge is 0.392 e. The van der Waals surface area contributed by atoms with Gasteiger partial charge in [0.25, 0.3) is 5.56 Å². The summed E-state index contributed by atoms with van der Waals surface area (Å²) in [4.78, 5) is 33.9. The van der Waals surface area contributed by atoms with Crippen LogP contribution in [-0.4, -0.2) is 93.1 Å². The molecule has 1 N–H and O–H groups in total. The predicted octanol–water partition coefficient (Wildman–Crippen LogP) is 0.365. The first kappa shape index (κ1) is 28.2. The minimum Gasteiger partial charge on any atom is -0.392 e. The second-order valence-electron chi connectivity index (χ2n) is 10.2. The van der Waals surface area contributed by atoms with E-state index >= 15 is 0 Å². The summed E-state index contributed by atoms with van der Waals surface area (Å²) in [5, 5.41) is 10.5. The van der Waals surface area contributed by atoms with Crippen LogP contribution < -0.4 is 11.2 Å². The summed E-state index contributed by atoms with van der Waals surface area (Å²) < 4.78 is 29.4. The topological polar surface area (TPSA) is 123 Å². The van der Waals surface area contributed by atoms with Crippen LogP contribution in [0.1, 0.15) is 24.8 Å². The van der Waals surface area contributed by atoms with Crippen molar-refractivity contribution < 1.29 is 13.5 Å². The van der Waals surface area contributed by atoms with E-state index in [1.807, 2.05) is 17.6 Å². The van der Waals surface area contributed by atoms with Crippen molar-refractivity contribution in [1.82, 2.24) is 28.5 Å². The third-order valence-electron chi connectivity index (χ3n) is 7.32. The van der Waals surface area contributed by atoms with Crippen molar-refractivity contribution in [1.29, 1.82) is 0 Å². The molecule has 1 aliphatic heterocycles. The number of nitrogens with zero attached hydrogens (tertiary/aromatic N) is 6. The smallest absolute Gasteiger partial charge is 0.332 e. The molecule has 0 bridgehead atoms. The Bertz CT molecular complexity index is 1480. The lowest BCUT2D eigenvalue weighted by Gasteiger charge is -2.35. The number of benzene rings is 1. The van der Waals surface area contributed by atoms with Gasteiger partial charge in [-0.15, -0.1) is 0 Å². The Hall–Kier alpha value is -2.80. The highest BCUT2D eigenvalue weighted by Gasteiger charge is 2.21. The summed E-state index contributed by atoms with van der Waals surface area (Å²) in [7, 11) is -0.242. The van der Waals surface area contributed by atoms with Crippen molar-refractivity contribution in [3.63, 3.8) is 0 Å². The third-order valence-corrected chi connectivity index (χ3v) is 9.12. The average Bonchev–Trinajstić information content (AvgIpc) is 3.31. The fraction of sp³-hybridized carbons (Fsp3) is 0.577. The van der Waals surface area contributed by atoms with Crippen LogP contribution in [0.15, 0.2) is 45.1 Å². The molecule has 1 saturated heterocycles. The maximum absolute atomic E-state index is 12.6. The van der Waals surface area contributed by atoms with E-state index in [0.29, 0.717) is 42.0 Å². The van der Waals surface area contributed by atoms with Gasteiger partial charge in [-0.2, -0.15) is 0 Å². The van der Waals surface area contributed by atoms with Crippen LogP contribution in [0.5, 0.6) is 0 Å². The molecule has 1 fully saturated rings. The van der Waals surface area contributed by atoms with E-state index in [9.17, 15) is 23.1 Å². The lowest BCUT2D eigenvalue weighted by atomic mass is 10.2. The van der Waals surface area contributed by atoms with E-state index in [4.69, 9.17) is 0 Å². The standard InChI is InChI=1S/C26H38N6O5S/c1-20-7-4-9-22(17-20)38(36,37)16-5-8-21(33)18-31-14-12-30(13-15-31)10-6-11-32-19-27-24-23(32)25(34)29(3)26(35)28(24)2/h4,7,9,17,19,21,33H,5-6,8,10-16,18H2,1-3H3. The minimum atomic E-state index is -3.34. The average molecular weight is 547 g/mol. The lowest BCUT2D eigenvalue weighted by molar-refractivity contribution is 0.0678. The Morgan fingerprint density at radius 1 is 1.00 bits per heavy atom. The van der Waals surface area contributed by atoms with Gasteiger partial charge in [-0.3, -0.25) is 18.8 Å². The summed E-state index contributed by atoms with van der Waals surface area (Å²) in [5.74, 6) is 0.0376. The van der Waals surface area contributed by atoms with E-state index in [0.717, 1.165) is 49.3 Å². The number of β-amino-alcohol motifs (C(OH)–C–C–N with tert-alkyl or cyclic N) is 1. The van der Waals surface area contributed by atoms with Gasteiger partial charge in [0.15, 0.2) is 21.0 Å². The van der Waals surface area contributed by atoms with Gasteiger partial charge in [-0.25, -0.2) is 18.2 Å². The number of imidazole rings is 1. The molecule has 38 heavy (non-hydrogen) atoms. The zero-order chi connectivity index (χ0) is 27.4. The Morgan fingerprint density at radius 2 is 1.71 bits per heavy atom. The third kappa shape index (κ3) is 6.42. The molecular weight excluding hydrogens is 508 g/mol. The lowest BCUT2D eigenvalue weighted by Crippen LogP contribution is -2.48. The van der Waals surface area contributed by atoms with Crippen LogP contribution in [0.2, 0.25) is 0 Å². The minimum absolute atomic E-state index is 0.0376. The van der Waals surface area contributed by atoms with E-state index in [1.165, 1.54) is 11.6 Å². The van der Waals surface area contributed by atoms with Gasteiger partial charge in [-0.05, 0) is 50.4 Å². The summed E-state index contributed by atoms with van der Waals surface area (Å²) in [6.07, 6.45) is 2.79. The quantitative estimate of drug-likeness (QED) is 0.366. The molecule has 1 atom stereocenters. The second-order valence-corrected chi connectivity index (χ2v) is 12.4. The first-order valence-electron chi connectivity index (χ1n) is 13.1. The molecule has 0 amide bonds. The summed E-state index contributed by atoms with van der Waals surface area (Å²) in [6.45, 7) is 7.38. The van der Waals surface area contributed by atoms with E-state index < -0.39 is 15.9 Å². The molecule has 4 rings (SSSR count). The van der Waals surface area contributed by atoms with Gasteiger partial charge in [-0.1, -0.05) is 12.1 Å². The molecule has 2 aromatic heterocycles. The van der Waals surface area contributed by atoms with E-state index in [2.05, 4.69) is 14.8 Å². The number of rotatable bonds is 11. The molecule has 0 saturated carbocycles. The molecular formula is C26H38N6O5S. The maximum atomic E-state index is 12.6. The van der Waals surface area contributed by atoms with Crippen LogP contribution in [0.4, 0.5) is 0 Å². The Morgan fingerprint density at radius 3 is 2.42 bits per heavy atom. The summed E-state index contributed by atoms with van der Waals surface area (Å²) in [6, 6.07) is 6.94. The number of aliphatic hydroxyl groups excluding tert-OH is 1. The van der Waals surface area contributed by atoms with Gasteiger partial charge >= 0.3 is 5.69 Å². The number of sulfone groups is 1. The highest BCUT2D eigenvalue weighted by Crippen LogP contribution is 2.15. The normalized spacial score (nSPS) is 16.3. The molecule has 0 spiro atoms. The highest BCUT2D eigenvalue weighted by molar-refractivity contribution is 7.91. The number of aryl methyl sites for hydroxylation is 3. The molecule has 208 valence electrons. The Kier molecular flexibility index (Phi) is 8.86. The van der Waals surface area contributed by atoms with Gasteiger partial charge in [0.1, 0.15) is 0 Å². The molecule has 3 aromatic rings. The number of hydrogen-bond donors (Lipinski definition) is 1. The summed E-state index contributed by atoms with van der Waals surface area (Å²) >= 11 is 0. The first-order chi connectivity index (χ1) is 18.1. The molecule has 1 unspecified atom stereocenters. The predicted molar refractivity (Wildman–Crippen MR) is 146 cm³/mol. The second kappa shape index (κ2) is 11.9. The zero-order valence-corrected chi connectivity index (χ0v) is 23.2. The Labute approximate surface area is 222 Å². The van der Waals surface area contributed by atoms with Crippen molar-refractivity contribution >= 4 is 21.0 Å². The molecule has 12 heteroatoms. The first-order valence-corrected chi connectivity index (χ1v) is 14.7. The van der Waals surface area contributed by atoms with Crippen molar-refractivity contribution in [2.75, 3.05) is 45.0 Å². The number of fused-ring (bicyclic) bond motifs is 1. The van der Waals surface area contributed by atoms with Crippen LogP contribution in [0, 0.1) is 6.92 Å². The number of aromatic nitrogens is 4. The van der Waals surface area contributed by atoms with Gasteiger partial charge in [0, 0.05) is 53.4 Å². The molecule has 11 nitrogen and oxygen atoms in total. The van der Waals surface area contributed by atoms with Gasteiger partial charge in [0.05, 0.1) is 23.1 Å².